The highest BCUT2D eigenvalue weighted by Crippen LogP contribution is 2.28. The molecule has 0 aromatic carbocycles. The maximum atomic E-state index is 5.94. The summed E-state index contributed by atoms with van der Waals surface area (Å²) in [4.78, 5) is 10.4. The minimum Gasteiger partial charge on any atom is -0.327 e. The maximum absolute atomic E-state index is 5.94. The van der Waals surface area contributed by atoms with E-state index >= 15 is 0 Å². The van der Waals surface area contributed by atoms with E-state index in [1.165, 1.54) is 4.88 Å². The average molecular weight is 267 g/mol. The monoisotopic (exact) mass is 267 g/mol. The van der Waals surface area contributed by atoms with Gasteiger partial charge in [-0.25, -0.2) is 9.97 Å². The van der Waals surface area contributed by atoms with E-state index in [0.717, 1.165) is 34.2 Å². The standard InChI is InChI=1S/C12H17N3S2/c1-4-9(13)5-11-15-10(6-16-11)12-7(2)17-8(3)14-12/h6,9H,4-5,13H2,1-3H3. The summed E-state index contributed by atoms with van der Waals surface area (Å²) in [5, 5.41) is 4.29. The second kappa shape index (κ2) is 5.25. The lowest BCUT2D eigenvalue weighted by Crippen LogP contribution is -2.21. The molecule has 0 radical (unpaired) electrons. The molecule has 5 heteroatoms. The van der Waals surface area contributed by atoms with Crippen LogP contribution in [0.1, 0.15) is 28.2 Å². The Kier molecular flexibility index (Phi) is 3.91. The highest BCUT2D eigenvalue weighted by Gasteiger charge is 2.12. The van der Waals surface area contributed by atoms with Crippen molar-refractivity contribution in [1.29, 1.82) is 0 Å². The van der Waals surface area contributed by atoms with Crippen molar-refractivity contribution >= 4 is 22.7 Å². The summed E-state index contributed by atoms with van der Waals surface area (Å²) in [7, 11) is 0. The van der Waals surface area contributed by atoms with Crippen LogP contribution in [0.2, 0.25) is 0 Å². The van der Waals surface area contributed by atoms with Gasteiger partial charge in [-0.05, 0) is 20.3 Å². The fourth-order valence-electron chi connectivity index (χ4n) is 1.65. The number of thiazole rings is 2. The second-order valence-corrected chi connectivity index (χ2v) is 6.49. The first-order valence-electron chi connectivity index (χ1n) is 5.74. The molecule has 0 bridgehead atoms. The van der Waals surface area contributed by atoms with Crippen LogP contribution >= 0.6 is 22.7 Å². The Hall–Kier alpha value is -0.780. The molecule has 2 rings (SSSR count). The van der Waals surface area contributed by atoms with E-state index in [2.05, 4.69) is 29.2 Å². The molecule has 1 atom stereocenters. The summed E-state index contributed by atoms with van der Waals surface area (Å²) < 4.78 is 0. The molecule has 0 fully saturated rings. The highest BCUT2D eigenvalue weighted by atomic mass is 32.1. The predicted octanol–water partition coefficient (Wildman–Crippen LogP) is 3.16. The number of hydrogen-bond acceptors (Lipinski definition) is 5. The predicted molar refractivity (Wildman–Crippen MR) is 74.7 cm³/mol. The van der Waals surface area contributed by atoms with Crippen LogP contribution in [0, 0.1) is 13.8 Å². The fourth-order valence-corrected chi connectivity index (χ4v) is 3.35. The SMILES string of the molecule is CCC(N)Cc1nc(-c2nc(C)sc2C)cs1. The van der Waals surface area contributed by atoms with Crippen molar-refractivity contribution in [3.63, 3.8) is 0 Å². The summed E-state index contributed by atoms with van der Waals surface area (Å²) in [6, 6.07) is 0.215. The van der Waals surface area contributed by atoms with E-state index in [4.69, 9.17) is 5.73 Å². The van der Waals surface area contributed by atoms with Crippen LogP contribution in [-0.4, -0.2) is 16.0 Å². The zero-order valence-electron chi connectivity index (χ0n) is 10.4. The molecule has 2 N–H and O–H groups in total. The molecular formula is C12H17N3S2. The van der Waals surface area contributed by atoms with Gasteiger partial charge < -0.3 is 5.73 Å². The van der Waals surface area contributed by atoms with Gasteiger partial charge in [-0.1, -0.05) is 6.92 Å². The summed E-state index contributed by atoms with van der Waals surface area (Å²) in [6.07, 6.45) is 1.85. The Labute approximate surface area is 110 Å². The normalized spacial score (nSPS) is 12.9. The first-order valence-corrected chi connectivity index (χ1v) is 7.44. The third-order valence-electron chi connectivity index (χ3n) is 2.66. The number of nitrogens with two attached hydrogens (primary N) is 1. The second-order valence-electron chi connectivity index (χ2n) is 4.14. The third-order valence-corrected chi connectivity index (χ3v) is 4.42. The number of aryl methyl sites for hydroxylation is 2. The fraction of sp³-hybridized carbons (Fsp3) is 0.500. The van der Waals surface area contributed by atoms with E-state index in [9.17, 15) is 0 Å². The minimum absolute atomic E-state index is 0.215. The van der Waals surface area contributed by atoms with E-state index in [-0.39, 0.29) is 6.04 Å². The molecule has 1 unspecified atom stereocenters. The molecule has 0 saturated carbocycles. The summed E-state index contributed by atoms with van der Waals surface area (Å²) in [5.74, 6) is 0. The first-order chi connectivity index (χ1) is 8.10. The molecule has 0 aliphatic heterocycles. The van der Waals surface area contributed by atoms with Gasteiger partial charge in [-0.2, -0.15) is 0 Å². The molecule has 92 valence electrons. The van der Waals surface area contributed by atoms with Gasteiger partial charge in [0.2, 0.25) is 0 Å². The average Bonchev–Trinajstić information content (AvgIpc) is 2.85. The van der Waals surface area contributed by atoms with E-state index in [1.54, 1.807) is 22.7 Å². The quantitative estimate of drug-likeness (QED) is 0.925. The number of hydrogen-bond donors (Lipinski definition) is 1. The molecule has 0 aliphatic rings. The van der Waals surface area contributed by atoms with Crippen molar-refractivity contribution in [2.45, 2.75) is 39.7 Å². The molecule has 2 aromatic heterocycles. The number of rotatable bonds is 4. The van der Waals surface area contributed by atoms with Crippen LogP contribution < -0.4 is 5.73 Å². The lowest BCUT2D eigenvalue weighted by atomic mass is 10.2. The maximum Gasteiger partial charge on any atom is 0.104 e. The Balaban J connectivity index is 2.21. The Morgan fingerprint density at radius 3 is 2.71 bits per heavy atom. The first kappa shape index (κ1) is 12.7. The molecule has 2 aromatic rings. The van der Waals surface area contributed by atoms with Crippen molar-refractivity contribution in [3.05, 3.63) is 20.3 Å². The van der Waals surface area contributed by atoms with Gasteiger partial charge in [-0.15, -0.1) is 22.7 Å². The van der Waals surface area contributed by atoms with Crippen LogP contribution in [0.4, 0.5) is 0 Å². The largest absolute Gasteiger partial charge is 0.327 e. The summed E-state index contributed by atoms with van der Waals surface area (Å²) >= 11 is 3.40. The Morgan fingerprint density at radius 2 is 2.12 bits per heavy atom. The zero-order valence-corrected chi connectivity index (χ0v) is 12.0. The van der Waals surface area contributed by atoms with Crippen LogP contribution in [0.25, 0.3) is 11.4 Å². The molecule has 17 heavy (non-hydrogen) atoms. The zero-order chi connectivity index (χ0) is 12.4. The van der Waals surface area contributed by atoms with Gasteiger partial charge in [0.05, 0.1) is 10.0 Å². The van der Waals surface area contributed by atoms with Crippen LogP contribution in [-0.2, 0) is 6.42 Å². The summed E-state index contributed by atoms with van der Waals surface area (Å²) in [6.45, 7) is 6.23. The van der Waals surface area contributed by atoms with Crippen LogP contribution in [0.15, 0.2) is 5.38 Å². The van der Waals surface area contributed by atoms with Gasteiger partial charge in [0, 0.05) is 22.7 Å². The lowest BCUT2D eigenvalue weighted by Gasteiger charge is -2.04. The molecule has 0 amide bonds. The van der Waals surface area contributed by atoms with Crippen molar-refractivity contribution in [2.75, 3.05) is 0 Å². The van der Waals surface area contributed by atoms with E-state index < -0.39 is 0 Å². The molecular weight excluding hydrogens is 250 g/mol. The smallest absolute Gasteiger partial charge is 0.104 e. The van der Waals surface area contributed by atoms with Crippen molar-refractivity contribution in [1.82, 2.24) is 9.97 Å². The van der Waals surface area contributed by atoms with E-state index in [0.29, 0.717) is 0 Å². The van der Waals surface area contributed by atoms with Gasteiger partial charge in [0.25, 0.3) is 0 Å². The Bertz CT molecular complexity index is 502. The minimum atomic E-state index is 0.215. The van der Waals surface area contributed by atoms with Crippen molar-refractivity contribution in [2.24, 2.45) is 5.73 Å². The summed E-state index contributed by atoms with van der Waals surface area (Å²) in [5.41, 5.74) is 7.96. The Morgan fingerprint density at radius 1 is 1.35 bits per heavy atom. The highest BCUT2D eigenvalue weighted by molar-refractivity contribution is 7.12. The molecule has 2 heterocycles. The lowest BCUT2D eigenvalue weighted by molar-refractivity contribution is 0.644. The van der Waals surface area contributed by atoms with Gasteiger partial charge >= 0.3 is 0 Å². The number of aromatic nitrogens is 2. The van der Waals surface area contributed by atoms with Crippen LogP contribution in [0.3, 0.4) is 0 Å². The van der Waals surface area contributed by atoms with E-state index in [1.807, 2.05) is 6.92 Å². The topological polar surface area (TPSA) is 51.8 Å². The van der Waals surface area contributed by atoms with Gasteiger partial charge in [0.15, 0.2) is 0 Å². The van der Waals surface area contributed by atoms with Gasteiger partial charge in [0.1, 0.15) is 11.4 Å². The molecule has 0 aliphatic carbocycles. The molecule has 3 nitrogen and oxygen atoms in total. The van der Waals surface area contributed by atoms with Crippen molar-refractivity contribution < 1.29 is 0 Å². The number of nitrogens with zero attached hydrogens (tertiary/aromatic N) is 2. The molecule has 0 spiro atoms. The van der Waals surface area contributed by atoms with Gasteiger partial charge in [-0.3, -0.25) is 0 Å². The molecule has 0 saturated heterocycles. The third kappa shape index (κ3) is 2.91. The van der Waals surface area contributed by atoms with Crippen LogP contribution in [0.5, 0.6) is 0 Å². The van der Waals surface area contributed by atoms with Crippen molar-refractivity contribution in [3.8, 4) is 11.4 Å².